The van der Waals surface area contributed by atoms with E-state index >= 15 is 0 Å². The molecule has 0 saturated carbocycles. The summed E-state index contributed by atoms with van der Waals surface area (Å²) < 4.78 is 5.80. The third-order valence-electron chi connectivity index (χ3n) is 4.25. The van der Waals surface area contributed by atoms with Gasteiger partial charge in [0.2, 0.25) is 5.91 Å². The van der Waals surface area contributed by atoms with Crippen LogP contribution < -0.4 is 10.1 Å². The molecule has 130 valence electrons. The van der Waals surface area contributed by atoms with Gasteiger partial charge in [0, 0.05) is 13.1 Å². The predicted octanol–water partition coefficient (Wildman–Crippen LogP) is 2.51. The lowest BCUT2D eigenvalue weighted by Crippen LogP contribution is -2.25. The first-order chi connectivity index (χ1) is 11.8. The van der Waals surface area contributed by atoms with Crippen molar-refractivity contribution < 1.29 is 9.53 Å². The summed E-state index contributed by atoms with van der Waals surface area (Å²) in [5.74, 6) is 0.745. The molecule has 0 atom stereocenters. The van der Waals surface area contributed by atoms with Crippen molar-refractivity contribution in [3.05, 3.63) is 29.8 Å². The predicted molar refractivity (Wildman–Crippen MR) is 93.8 cm³/mol. The summed E-state index contributed by atoms with van der Waals surface area (Å²) >= 11 is 0. The highest BCUT2D eigenvalue weighted by molar-refractivity contribution is 5.77. The fourth-order valence-electron chi connectivity index (χ4n) is 2.87. The number of nitrogens with zero attached hydrogens (tertiary/aromatic N) is 2. The standard InChI is InChI=1S/C19H27N3O2/c20-11-10-19(23)21-12-2-1-5-17-6-8-18(9-7-17)24-16-15-22-13-3-4-14-22/h6-9H,1-5,10,12-16H2,(H,21,23). The Morgan fingerprint density at radius 2 is 1.96 bits per heavy atom. The molecule has 1 amide bonds. The van der Waals surface area contributed by atoms with Gasteiger partial charge in [0.15, 0.2) is 0 Å². The Morgan fingerprint density at radius 1 is 1.21 bits per heavy atom. The average Bonchev–Trinajstić information content (AvgIpc) is 3.09. The minimum absolute atomic E-state index is 0.0563. The number of aryl methyl sites for hydroxylation is 1. The van der Waals surface area contributed by atoms with Crippen LogP contribution in [0, 0.1) is 11.3 Å². The molecule has 0 radical (unpaired) electrons. The van der Waals surface area contributed by atoms with E-state index in [2.05, 4.69) is 22.3 Å². The molecule has 1 aromatic carbocycles. The fraction of sp³-hybridized carbons (Fsp3) is 0.579. The topological polar surface area (TPSA) is 65.4 Å². The van der Waals surface area contributed by atoms with Gasteiger partial charge in [-0.2, -0.15) is 5.26 Å². The number of amides is 1. The van der Waals surface area contributed by atoms with E-state index < -0.39 is 0 Å². The smallest absolute Gasteiger partial charge is 0.234 e. The number of nitrogens with one attached hydrogen (secondary N) is 1. The number of hydrogen-bond acceptors (Lipinski definition) is 4. The maximum absolute atomic E-state index is 11.1. The zero-order valence-electron chi connectivity index (χ0n) is 14.3. The summed E-state index contributed by atoms with van der Waals surface area (Å²) in [6.45, 7) is 4.82. The highest BCUT2D eigenvalue weighted by atomic mass is 16.5. The summed E-state index contributed by atoms with van der Waals surface area (Å²) in [7, 11) is 0. The molecule has 5 nitrogen and oxygen atoms in total. The number of ether oxygens (including phenoxy) is 1. The van der Waals surface area contributed by atoms with Crippen molar-refractivity contribution in [1.29, 1.82) is 5.26 Å². The lowest BCUT2D eigenvalue weighted by atomic mass is 10.1. The molecule has 2 rings (SSSR count). The second-order valence-electron chi connectivity index (χ2n) is 6.18. The van der Waals surface area contributed by atoms with Crippen LogP contribution in [-0.2, 0) is 11.2 Å². The van der Waals surface area contributed by atoms with Gasteiger partial charge in [-0.15, -0.1) is 0 Å². The van der Waals surface area contributed by atoms with Crippen LogP contribution in [-0.4, -0.2) is 43.6 Å². The van der Waals surface area contributed by atoms with Crippen LogP contribution >= 0.6 is 0 Å². The highest BCUT2D eigenvalue weighted by Crippen LogP contribution is 2.14. The van der Waals surface area contributed by atoms with Gasteiger partial charge in [0.25, 0.3) is 0 Å². The summed E-state index contributed by atoms with van der Waals surface area (Å²) in [5.41, 5.74) is 1.28. The lowest BCUT2D eigenvalue weighted by Gasteiger charge is -2.15. The Bertz CT molecular complexity index is 531. The van der Waals surface area contributed by atoms with Crippen LogP contribution in [0.2, 0.25) is 0 Å². The Labute approximate surface area is 144 Å². The summed E-state index contributed by atoms with van der Waals surface area (Å²) in [6.07, 6.45) is 5.50. The number of unbranched alkanes of at least 4 members (excludes halogenated alkanes) is 1. The van der Waals surface area contributed by atoms with Gasteiger partial charge in [-0.3, -0.25) is 9.69 Å². The minimum Gasteiger partial charge on any atom is -0.492 e. The number of carbonyl (C=O) groups excluding carboxylic acids is 1. The summed E-state index contributed by atoms with van der Waals surface area (Å²) in [6, 6.07) is 10.1. The molecule has 24 heavy (non-hydrogen) atoms. The zero-order chi connectivity index (χ0) is 17.0. The number of hydrogen-bond donors (Lipinski definition) is 1. The molecule has 1 saturated heterocycles. The molecule has 0 unspecified atom stereocenters. The van der Waals surface area contributed by atoms with E-state index in [0.29, 0.717) is 6.54 Å². The molecule has 5 heteroatoms. The Balaban J connectivity index is 1.56. The SMILES string of the molecule is N#CCC(=O)NCCCCc1ccc(OCCN2CCCC2)cc1. The molecule has 1 aromatic rings. The van der Waals surface area contributed by atoms with Gasteiger partial charge < -0.3 is 10.1 Å². The van der Waals surface area contributed by atoms with Crippen LogP contribution in [0.5, 0.6) is 5.75 Å². The molecule has 1 fully saturated rings. The zero-order valence-corrected chi connectivity index (χ0v) is 14.3. The maximum Gasteiger partial charge on any atom is 0.234 e. The first-order valence-electron chi connectivity index (χ1n) is 8.85. The quantitative estimate of drug-likeness (QED) is 0.670. The van der Waals surface area contributed by atoms with Gasteiger partial charge in [-0.25, -0.2) is 0 Å². The van der Waals surface area contributed by atoms with Crippen molar-refractivity contribution >= 4 is 5.91 Å². The van der Waals surface area contributed by atoms with Gasteiger partial charge in [0.1, 0.15) is 18.8 Å². The van der Waals surface area contributed by atoms with Crippen molar-refractivity contribution in [2.24, 2.45) is 0 Å². The Hall–Kier alpha value is -2.06. The molecule has 0 aliphatic carbocycles. The second-order valence-corrected chi connectivity index (χ2v) is 6.18. The Kier molecular flexibility index (Phi) is 8.12. The van der Waals surface area contributed by atoms with E-state index in [1.54, 1.807) is 0 Å². The van der Waals surface area contributed by atoms with E-state index in [1.165, 1.54) is 31.5 Å². The normalized spacial score (nSPS) is 14.3. The van der Waals surface area contributed by atoms with E-state index in [9.17, 15) is 4.79 Å². The van der Waals surface area contributed by atoms with Crippen LogP contribution in [0.1, 0.15) is 37.7 Å². The van der Waals surface area contributed by atoms with Gasteiger partial charge >= 0.3 is 0 Å². The number of benzene rings is 1. The number of rotatable bonds is 10. The summed E-state index contributed by atoms with van der Waals surface area (Å²) in [4.78, 5) is 13.6. The summed E-state index contributed by atoms with van der Waals surface area (Å²) in [5, 5.41) is 11.1. The molecular formula is C19H27N3O2. The van der Waals surface area contributed by atoms with Crippen molar-refractivity contribution in [2.75, 3.05) is 32.8 Å². The second kappa shape index (κ2) is 10.7. The molecule has 0 aromatic heterocycles. The molecule has 1 N–H and O–H groups in total. The van der Waals surface area contributed by atoms with Gasteiger partial charge in [0.05, 0.1) is 6.07 Å². The monoisotopic (exact) mass is 329 g/mol. The van der Waals surface area contributed by atoms with E-state index in [4.69, 9.17) is 10.00 Å². The largest absolute Gasteiger partial charge is 0.492 e. The van der Waals surface area contributed by atoms with Crippen LogP contribution in [0.4, 0.5) is 0 Å². The van der Waals surface area contributed by atoms with Crippen molar-refractivity contribution in [3.8, 4) is 11.8 Å². The fourth-order valence-corrected chi connectivity index (χ4v) is 2.87. The average molecular weight is 329 g/mol. The van der Waals surface area contributed by atoms with Gasteiger partial charge in [-0.05, 0) is 62.9 Å². The van der Waals surface area contributed by atoms with Crippen molar-refractivity contribution in [2.45, 2.75) is 38.5 Å². The minimum atomic E-state index is -0.187. The van der Waals surface area contributed by atoms with E-state index in [1.807, 2.05) is 18.2 Å². The first kappa shape index (κ1) is 18.3. The van der Waals surface area contributed by atoms with Gasteiger partial charge in [-0.1, -0.05) is 12.1 Å². The van der Waals surface area contributed by atoms with Crippen molar-refractivity contribution in [1.82, 2.24) is 10.2 Å². The number of likely N-dealkylation sites (tertiary alicyclic amines) is 1. The number of nitriles is 1. The highest BCUT2D eigenvalue weighted by Gasteiger charge is 2.10. The molecule has 1 aliphatic heterocycles. The molecule has 0 bridgehead atoms. The number of carbonyl (C=O) groups is 1. The molecule has 0 spiro atoms. The van der Waals surface area contributed by atoms with E-state index in [-0.39, 0.29) is 12.3 Å². The lowest BCUT2D eigenvalue weighted by molar-refractivity contribution is -0.120. The Morgan fingerprint density at radius 3 is 2.67 bits per heavy atom. The third-order valence-corrected chi connectivity index (χ3v) is 4.25. The maximum atomic E-state index is 11.1. The van der Waals surface area contributed by atoms with Crippen LogP contribution in [0.15, 0.2) is 24.3 Å². The molecule has 1 aliphatic rings. The van der Waals surface area contributed by atoms with Crippen LogP contribution in [0.25, 0.3) is 0 Å². The third kappa shape index (κ3) is 7.01. The molecular weight excluding hydrogens is 302 g/mol. The van der Waals surface area contributed by atoms with Crippen LogP contribution in [0.3, 0.4) is 0 Å². The first-order valence-corrected chi connectivity index (χ1v) is 8.85. The van der Waals surface area contributed by atoms with E-state index in [0.717, 1.165) is 38.2 Å². The molecule has 1 heterocycles. The van der Waals surface area contributed by atoms with Crippen molar-refractivity contribution in [3.63, 3.8) is 0 Å².